The highest BCUT2D eigenvalue weighted by atomic mass is 32.2. The van der Waals surface area contributed by atoms with E-state index in [9.17, 15) is 14.7 Å². The zero-order valence-electron chi connectivity index (χ0n) is 12.9. The smallest absolute Gasteiger partial charge is 0.187 e. The van der Waals surface area contributed by atoms with Gasteiger partial charge in [0.2, 0.25) is 0 Å². The van der Waals surface area contributed by atoms with E-state index in [-0.39, 0.29) is 12.4 Å². The van der Waals surface area contributed by atoms with Crippen LogP contribution in [0.2, 0.25) is 0 Å². The number of carbonyl (C=O) groups excluding carboxylic acids is 2. The van der Waals surface area contributed by atoms with Crippen LogP contribution >= 0.6 is 0 Å². The Morgan fingerprint density at radius 1 is 1.39 bits per heavy atom. The molecule has 0 aromatic rings. The van der Waals surface area contributed by atoms with E-state index >= 15 is 0 Å². The summed E-state index contributed by atoms with van der Waals surface area (Å²) in [7, 11) is 1.88. The van der Waals surface area contributed by atoms with E-state index < -0.39 is 46.4 Å². The van der Waals surface area contributed by atoms with Crippen LogP contribution in [-0.4, -0.2) is 78.8 Å². The molecule has 0 amide bonds. The predicted molar refractivity (Wildman–Crippen MR) is 84.1 cm³/mol. The topological polar surface area (TPSA) is 112 Å². The van der Waals surface area contributed by atoms with E-state index in [2.05, 4.69) is 5.87 Å². The number of aliphatic hydroxyl groups is 2. The Balaban J connectivity index is 3.01. The Hall–Kier alpha value is -1.35. The highest BCUT2D eigenvalue weighted by Crippen LogP contribution is 2.29. The third-order valence-electron chi connectivity index (χ3n) is 3.44. The lowest BCUT2D eigenvalue weighted by molar-refractivity contribution is -0.283. The molecular weight excluding hydrogens is 328 g/mol. The van der Waals surface area contributed by atoms with Crippen LogP contribution in [-0.2, 0) is 38.6 Å². The van der Waals surface area contributed by atoms with E-state index in [4.69, 9.17) is 24.1 Å². The summed E-state index contributed by atoms with van der Waals surface area (Å²) in [6, 6.07) is 0. The van der Waals surface area contributed by atoms with E-state index in [1.807, 2.05) is 0 Å². The summed E-state index contributed by atoms with van der Waals surface area (Å²) in [5.41, 5.74) is 0. The quantitative estimate of drug-likeness (QED) is 0.265. The summed E-state index contributed by atoms with van der Waals surface area (Å²) in [5, 5.41) is 19.7. The molecule has 5 unspecified atom stereocenters. The third-order valence-corrected chi connectivity index (χ3v) is 4.41. The van der Waals surface area contributed by atoms with Gasteiger partial charge in [-0.25, -0.2) is 5.87 Å². The average Bonchev–Trinajstić information content (AvgIpc) is 2.58. The standard InChI is InChI=1S/C14H21O8S/c1-19-12-10(5-16)11(7-23(3)8-17)22-14(13(12)20-2)21-6-9(18)4-15/h4-5,10-15,18H,3,6-7H2,1-2H3/q-1. The largest absolute Gasteiger partial charge is 0.512 e. The Bertz CT molecular complexity index is 521. The first kappa shape index (κ1) is 19.7. The first-order valence-electron chi connectivity index (χ1n) is 6.70. The fourth-order valence-corrected chi connectivity index (χ4v) is 3.11. The second-order valence-electron chi connectivity index (χ2n) is 4.83. The molecule has 132 valence electrons. The molecule has 0 aromatic carbocycles. The van der Waals surface area contributed by atoms with Crippen molar-refractivity contribution in [1.82, 2.24) is 0 Å². The molecule has 1 fully saturated rings. The Labute approximate surface area is 136 Å². The molecule has 5 atom stereocenters. The van der Waals surface area contributed by atoms with Crippen molar-refractivity contribution < 1.29 is 38.7 Å². The number of carbonyl (C=O) groups is 1. The van der Waals surface area contributed by atoms with Gasteiger partial charge in [0.05, 0.1) is 12.0 Å². The number of rotatable bonds is 8. The van der Waals surface area contributed by atoms with Crippen LogP contribution in [0.1, 0.15) is 0 Å². The molecule has 8 nitrogen and oxygen atoms in total. The van der Waals surface area contributed by atoms with E-state index in [0.29, 0.717) is 12.5 Å². The van der Waals surface area contributed by atoms with Crippen LogP contribution < -0.4 is 0 Å². The number of methoxy groups -OCH3 is 2. The molecule has 9 heteroatoms. The molecule has 2 N–H and O–H groups in total. The van der Waals surface area contributed by atoms with Crippen LogP contribution in [0.5, 0.6) is 0 Å². The summed E-state index contributed by atoms with van der Waals surface area (Å²) < 4.78 is 21.7. The molecule has 0 spiro atoms. The lowest BCUT2D eigenvalue weighted by atomic mass is 9.90. The first-order chi connectivity index (χ1) is 11.0. The molecule has 0 aromatic heterocycles. The van der Waals surface area contributed by atoms with Crippen molar-refractivity contribution in [3.05, 3.63) is 12.0 Å². The molecular formula is C14H21O8S-. The minimum absolute atomic E-state index is 0.185. The van der Waals surface area contributed by atoms with Gasteiger partial charge in [-0.2, -0.15) is 0 Å². The molecule has 0 bridgehead atoms. The molecule has 1 heterocycles. The minimum Gasteiger partial charge on any atom is -0.512 e. The van der Waals surface area contributed by atoms with Gasteiger partial charge in [0.25, 0.3) is 0 Å². The number of aliphatic hydroxyl groups excluding tert-OH is 2. The van der Waals surface area contributed by atoms with E-state index in [1.165, 1.54) is 14.2 Å². The van der Waals surface area contributed by atoms with Crippen molar-refractivity contribution in [3.63, 3.8) is 0 Å². The van der Waals surface area contributed by atoms with Gasteiger partial charge < -0.3 is 44.0 Å². The van der Waals surface area contributed by atoms with Crippen LogP contribution in [0.25, 0.3) is 0 Å². The van der Waals surface area contributed by atoms with Gasteiger partial charge in [-0.15, -0.1) is 0 Å². The fraction of sp³-hybridized carbons (Fsp3) is 0.643. The van der Waals surface area contributed by atoms with Crippen molar-refractivity contribution in [2.24, 2.45) is 5.92 Å². The third kappa shape index (κ3) is 5.07. The molecule has 23 heavy (non-hydrogen) atoms. The van der Waals surface area contributed by atoms with Crippen LogP contribution in [0, 0.1) is 5.92 Å². The normalized spacial score (nSPS) is 31.8. The Morgan fingerprint density at radius 2 is 2.04 bits per heavy atom. The van der Waals surface area contributed by atoms with Crippen molar-refractivity contribution in [2.75, 3.05) is 26.6 Å². The van der Waals surface area contributed by atoms with E-state index in [0.717, 1.165) is 0 Å². The van der Waals surface area contributed by atoms with Gasteiger partial charge in [-0.05, 0) is 5.23 Å². The molecule has 0 radical (unpaired) electrons. The highest BCUT2D eigenvalue weighted by molar-refractivity contribution is 7.92. The maximum Gasteiger partial charge on any atom is 0.187 e. The monoisotopic (exact) mass is 349 g/mol. The zero-order valence-corrected chi connectivity index (χ0v) is 13.7. The van der Waals surface area contributed by atoms with Gasteiger partial charge >= 0.3 is 0 Å². The number of ether oxygens (including phenoxy) is 4. The molecule has 1 aliphatic heterocycles. The van der Waals surface area contributed by atoms with E-state index in [1.54, 1.807) is 5.23 Å². The van der Waals surface area contributed by atoms with Gasteiger partial charge in [0.15, 0.2) is 12.0 Å². The number of hydrogen-bond donors (Lipinski definition) is 2. The summed E-state index contributed by atoms with van der Waals surface area (Å²) >= 11 is 0. The minimum atomic E-state index is -0.961. The van der Waals surface area contributed by atoms with Crippen molar-refractivity contribution in [1.29, 1.82) is 0 Å². The molecule has 1 rings (SSSR count). The SMILES string of the molecule is C=[S-](=C=O)CC1OC(OCC(O)=CO)C(OC)C(OC)C1C=O. The van der Waals surface area contributed by atoms with Crippen molar-refractivity contribution in [2.45, 2.75) is 24.6 Å². The molecule has 0 saturated carbocycles. The molecule has 1 aliphatic rings. The zero-order chi connectivity index (χ0) is 17.4. The number of hydrogen-bond acceptors (Lipinski definition) is 9. The lowest BCUT2D eigenvalue weighted by Crippen LogP contribution is -2.58. The lowest BCUT2D eigenvalue weighted by Gasteiger charge is -2.44. The number of aldehydes is 1. The molecule has 0 aliphatic carbocycles. The second kappa shape index (κ2) is 9.71. The summed E-state index contributed by atoms with van der Waals surface area (Å²) in [4.78, 5) is 22.1. The van der Waals surface area contributed by atoms with Gasteiger partial charge in [0, 0.05) is 14.2 Å². The maximum atomic E-state index is 11.4. The van der Waals surface area contributed by atoms with Crippen LogP contribution in [0.3, 0.4) is 0 Å². The predicted octanol–water partition coefficient (Wildman–Crippen LogP) is -0.352. The Kier molecular flexibility index (Phi) is 8.32. The summed E-state index contributed by atoms with van der Waals surface area (Å²) in [6.45, 7) is -0.314. The molecule has 1 saturated heterocycles. The van der Waals surface area contributed by atoms with Gasteiger partial charge in [-0.1, -0.05) is 5.75 Å². The second-order valence-corrected chi connectivity index (χ2v) is 6.32. The van der Waals surface area contributed by atoms with Crippen LogP contribution in [0.15, 0.2) is 12.0 Å². The van der Waals surface area contributed by atoms with Crippen molar-refractivity contribution in [3.8, 4) is 0 Å². The van der Waals surface area contributed by atoms with Crippen molar-refractivity contribution >= 4 is 27.5 Å². The summed E-state index contributed by atoms with van der Waals surface area (Å²) in [5.74, 6) is 2.75. The average molecular weight is 349 g/mol. The van der Waals surface area contributed by atoms with Gasteiger partial charge in [0.1, 0.15) is 31.4 Å². The van der Waals surface area contributed by atoms with Crippen LogP contribution in [0.4, 0.5) is 0 Å². The Morgan fingerprint density at radius 3 is 2.52 bits per heavy atom. The van der Waals surface area contributed by atoms with Gasteiger partial charge in [-0.3, -0.25) is 4.79 Å². The first-order valence-corrected chi connectivity index (χ1v) is 8.27. The fourth-order valence-electron chi connectivity index (χ4n) is 2.35. The highest BCUT2D eigenvalue weighted by Gasteiger charge is 2.46. The summed E-state index contributed by atoms with van der Waals surface area (Å²) in [6.07, 6.45) is -1.84. The maximum absolute atomic E-state index is 11.4.